The number of rotatable bonds is 2. The topological polar surface area (TPSA) is 94.8 Å². The molecule has 5 nitrogen and oxygen atoms in total. The summed E-state index contributed by atoms with van der Waals surface area (Å²) >= 11 is 0. The molecule has 3 N–H and O–H groups in total. The van der Waals surface area contributed by atoms with E-state index in [0.29, 0.717) is 12.3 Å². The molecular weight excluding hydrogens is 332 g/mol. The van der Waals surface area contributed by atoms with Crippen LogP contribution < -0.4 is 0 Å². The molecule has 0 aliphatic heterocycles. The first kappa shape index (κ1) is 18.6. The quantitative estimate of drug-likeness (QED) is 0.695. The Morgan fingerprint density at radius 2 is 1.88 bits per heavy atom. The molecule has 5 heteroatoms. The van der Waals surface area contributed by atoms with E-state index in [4.69, 9.17) is 0 Å². The maximum Gasteiger partial charge on any atom is 0.190 e. The zero-order chi connectivity index (χ0) is 18.9. The van der Waals surface area contributed by atoms with E-state index < -0.39 is 23.4 Å². The van der Waals surface area contributed by atoms with Crippen LogP contribution in [-0.4, -0.2) is 45.2 Å². The van der Waals surface area contributed by atoms with Crippen molar-refractivity contribution >= 4 is 11.6 Å². The summed E-state index contributed by atoms with van der Waals surface area (Å²) in [6.07, 6.45) is 5.47. The summed E-state index contributed by atoms with van der Waals surface area (Å²) in [5, 5.41) is 30.6. The van der Waals surface area contributed by atoms with E-state index in [9.17, 15) is 24.9 Å². The molecule has 4 rings (SSSR count). The maximum atomic E-state index is 13.4. The summed E-state index contributed by atoms with van der Waals surface area (Å²) in [7, 11) is 0. The fraction of sp³-hybridized carbons (Fsp3) is 0.905. The lowest BCUT2D eigenvalue weighted by Crippen LogP contribution is -2.62. The highest BCUT2D eigenvalue weighted by molar-refractivity contribution is 5.92. The van der Waals surface area contributed by atoms with Crippen molar-refractivity contribution in [2.45, 2.75) is 76.9 Å². The van der Waals surface area contributed by atoms with Gasteiger partial charge in [0.2, 0.25) is 0 Å². The van der Waals surface area contributed by atoms with Crippen molar-refractivity contribution in [1.29, 1.82) is 0 Å². The third kappa shape index (κ3) is 2.20. The highest BCUT2D eigenvalue weighted by atomic mass is 16.3. The Morgan fingerprint density at radius 3 is 2.58 bits per heavy atom. The molecule has 0 saturated heterocycles. The molecule has 26 heavy (non-hydrogen) atoms. The minimum atomic E-state index is -1.58. The van der Waals surface area contributed by atoms with Crippen molar-refractivity contribution in [3.05, 3.63) is 0 Å². The predicted molar refractivity (Wildman–Crippen MR) is 95.2 cm³/mol. The van der Waals surface area contributed by atoms with Gasteiger partial charge in [0.1, 0.15) is 18.0 Å². The molecule has 0 bridgehead atoms. The summed E-state index contributed by atoms with van der Waals surface area (Å²) in [4.78, 5) is 25.7. The van der Waals surface area contributed by atoms with Gasteiger partial charge in [0.15, 0.2) is 5.78 Å². The fourth-order valence-corrected chi connectivity index (χ4v) is 7.64. The number of aliphatic hydroxyl groups excluding tert-OH is 2. The lowest BCUT2D eigenvalue weighted by atomic mass is 9.44. The Morgan fingerprint density at radius 1 is 1.15 bits per heavy atom. The number of fused-ring (bicyclic) bond motifs is 5. The molecule has 0 spiro atoms. The Hall–Kier alpha value is -0.780. The second-order valence-corrected chi connectivity index (χ2v) is 10.00. The van der Waals surface area contributed by atoms with Crippen molar-refractivity contribution in [3.8, 4) is 0 Å². The molecule has 0 unspecified atom stereocenters. The second kappa shape index (κ2) is 5.86. The van der Waals surface area contributed by atoms with Crippen molar-refractivity contribution < 1.29 is 24.9 Å². The largest absolute Gasteiger partial charge is 0.393 e. The van der Waals surface area contributed by atoms with Crippen LogP contribution in [0.1, 0.15) is 65.2 Å². The average molecular weight is 364 g/mol. The first-order valence-corrected chi connectivity index (χ1v) is 10.2. The average Bonchev–Trinajstić information content (AvgIpc) is 2.86. The Kier molecular flexibility index (Phi) is 4.18. The summed E-state index contributed by atoms with van der Waals surface area (Å²) in [6.45, 7) is 3.46. The van der Waals surface area contributed by atoms with Gasteiger partial charge in [-0.15, -0.1) is 0 Å². The van der Waals surface area contributed by atoms with Gasteiger partial charge in [0.05, 0.1) is 6.10 Å². The number of hydrogen-bond donors (Lipinski definition) is 3. The number of aliphatic hydroxyl groups is 3. The molecular formula is C21H32O5. The van der Waals surface area contributed by atoms with Crippen LogP contribution in [0.25, 0.3) is 0 Å². The molecule has 0 aromatic carbocycles. The van der Waals surface area contributed by atoms with Crippen LogP contribution in [0.2, 0.25) is 0 Å². The van der Waals surface area contributed by atoms with E-state index in [1.807, 2.05) is 6.92 Å². The van der Waals surface area contributed by atoms with Crippen molar-refractivity contribution in [2.75, 3.05) is 6.61 Å². The molecule has 4 aliphatic carbocycles. The molecule has 0 radical (unpaired) electrons. The van der Waals surface area contributed by atoms with Gasteiger partial charge >= 0.3 is 0 Å². The van der Waals surface area contributed by atoms with Gasteiger partial charge in [-0.3, -0.25) is 9.59 Å². The molecule has 4 fully saturated rings. The Balaban J connectivity index is 1.70. The second-order valence-electron chi connectivity index (χ2n) is 10.00. The third-order valence-corrected chi connectivity index (χ3v) is 9.08. The molecule has 4 aliphatic rings. The zero-order valence-electron chi connectivity index (χ0n) is 15.9. The third-order valence-electron chi connectivity index (χ3n) is 9.08. The predicted octanol–water partition coefficient (Wildman–Crippen LogP) is 1.86. The molecule has 0 heterocycles. The number of ketones is 2. The number of carbonyl (C=O) groups excluding carboxylic acids is 2. The highest BCUT2D eigenvalue weighted by Gasteiger charge is 2.68. The van der Waals surface area contributed by atoms with Gasteiger partial charge in [-0.1, -0.05) is 13.8 Å². The van der Waals surface area contributed by atoms with Gasteiger partial charge in [0.25, 0.3) is 0 Å². The highest BCUT2D eigenvalue weighted by Crippen LogP contribution is 2.67. The van der Waals surface area contributed by atoms with Gasteiger partial charge in [-0.25, -0.2) is 0 Å². The maximum absolute atomic E-state index is 13.4. The van der Waals surface area contributed by atoms with Crippen LogP contribution >= 0.6 is 0 Å². The van der Waals surface area contributed by atoms with E-state index in [1.54, 1.807) is 0 Å². The van der Waals surface area contributed by atoms with Crippen molar-refractivity contribution in [1.82, 2.24) is 0 Å². The Labute approximate surface area is 155 Å². The van der Waals surface area contributed by atoms with E-state index >= 15 is 0 Å². The van der Waals surface area contributed by atoms with Gasteiger partial charge < -0.3 is 15.3 Å². The van der Waals surface area contributed by atoms with Crippen LogP contribution in [-0.2, 0) is 9.59 Å². The first-order valence-electron chi connectivity index (χ1n) is 10.2. The van der Waals surface area contributed by atoms with Crippen LogP contribution in [0.5, 0.6) is 0 Å². The van der Waals surface area contributed by atoms with Crippen LogP contribution in [0.3, 0.4) is 0 Å². The van der Waals surface area contributed by atoms with E-state index in [0.717, 1.165) is 38.5 Å². The molecule has 8 atom stereocenters. The van der Waals surface area contributed by atoms with Crippen molar-refractivity contribution in [2.24, 2.45) is 34.5 Å². The van der Waals surface area contributed by atoms with E-state index in [1.165, 1.54) is 0 Å². The van der Waals surface area contributed by atoms with E-state index in [-0.39, 0.29) is 41.5 Å². The lowest BCUT2D eigenvalue weighted by molar-refractivity contribution is -0.180. The minimum Gasteiger partial charge on any atom is -0.393 e. The van der Waals surface area contributed by atoms with Crippen LogP contribution in [0, 0.1) is 34.5 Å². The number of carbonyl (C=O) groups is 2. The zero-order valence-corrected chi connectivity index (χ0v) is 15.9. The summed E-state index contributed by atoms with van der Waals surface area (Å²) in [6, 6.07) is 0. The molecule has 0 amide bonds. The molecule has 0 aromatic heterocycles. The molecule has 146 valence electrons. The standard InChI is InChI=1S/C21H32O5/c1-19-7-5-13(23)9-12(19)3-4-14-15-6-8-21(26,17(25)11-22)20(15,2)10-16(24)18(14)19/h12-15,18,22-23,26H,3-11H2,1-2H3/t12-,13+,14+,15+,18-,19-,20-,21+/m0/s1. The molecule has 4 saturated carbocycles. The smallest absolute Gasteiger partial charge is 0.190 e. The molecule has 0 aromatic rings. The van der Waals surface area contributed by atoms with Crippen LogP contribution in [0.4, 0.5) is 0 Å². The summed E-state index contributed by atoms with van der Waals surface area (Å²) in [5.41, 5.74) is -2.40. The minimum absolute atomic E-state index is 0.0154. The first-order chi connectivity index (χ1) is 12.2. The van der Waals surface area contributed by atoms with Gasteiger partial charge in [0, 0.05) is 17.8 Å². The SMILES string of the molecule is C[C@]12CC[C@@H](O)C[C@@H]1CC[C@H]1[C@H]2C(=O)C[C@@]2(C)[C@@H]1CC[C@@]2(O)C(=O)CO. The summed E-state index contributed by atoms with van der Waals surface area (Å²) < 4.78 is 0. The number of Topliss-reactive ketones (excluding diaryl/α,β-unsaturated/α-hetero) is 2. The van der Waals surface area contributed by atoms with E-state index in [2.05, 4.69) is 6.92 Å². The summed E-state index contributed by atoms with van der Waals surface area (Å²) in [5.74, 6) is 0.380. The number of hydrogen-bond acceptors (Lipinski definition) is 5. The van der Waals surface area contributed by atoms with Gasteiger partial charge in [-0.05, 0) is 68.1 Å². The van der Waals surface area contributed by atoms with Crippen LogP contribution in [0.15, 0.2) is 0 Å². The normalized spacial score (nSPS) is 53.6. The lowest BCUT2D eigenvalue weighted by Gasteiger charge is -2.60. The Bertz CT molecular complexity index is 632. The fourth-order valence-electron chi connectivity index (χ4n) is 7.64. The van der Waals surface area contributed by atoms with Crippen molar-refractivity contribution in [3.63, 3.8) is 0 Å². The van der Waals surface area contributed by atoms with Gasteiger partial charge in [-0.2, -0.15) is 0 Å². The monoisotopic (exact) mass is 364 g/mol.